The van der Waals surface area contributed by atoms with Crippen molar-refractivity contribution in [2.75, 3.05) is 20.3 Å². The molecule has 0 saturated heterocycles. The standard InChI is InChI=1S/C21H19BrN2O7/c1-3-29-14-4-5-16-12(6-14)7-19(31-16)21(27)24-23-10-13-8-17(28-2)18(9-15(13)22)30-11-20(25)26/h4-10H,3,11H2,1-2H3,(H,24,27)(H,25,26)/b23-10+. The highest BCUT2D eigenvalue weighted by molar-refractivity contribution is 9.10. The lowest BCUT2D eigenvalue weighted by Crippen LogP contribution is -2.16. The van der Waals surface area contributed by atoms with Crippen LogP contribution in [0.15, 0.2) is 50.4 Å². The highest BCUT2D eigenvalue weighted by atomic mass is 79.9. The van der Waals surface area contributed by atoms with Gasteiger partial charge in [0.25, 0.3) is 0 Å². The second-order valence-electron chi connectivity index (χ2n) is 6.15. The van der Waals surface area contributed by atoms with Crippen LogP contribution in [0.3, 0.4) is 0 Å². The topological polar surface area (TPSA) is 120 Å². The molecule has 0 spiro atoms. The number of halogens is 1. The lowest BCUT2D eigenvalue weighted by molar-refractivity contribution is -0.139. The van der Waals surface area contributed by atoms with Crippen LogP contribution in [0.2, 0.25) is 0 Å². The van der Waals surface area contributed by atoms with Gasteiger partial charge in [0, 0.05) is 15.4 Å². The Kier molecular flexibility index (Phi) is 7.14. The maximum absolute atomic E-state index is 12.4. The minimum absolute atomic E-state index is 0.106. The summed E-state index contributed by atoms with van der Waals surface area (Å²) in [5, 5.41) is 13.4. The van der Waals surface area contributed by atoms with E-state index in [1.54, 1.807) is 36.4 Å². The van der Waals surface area contributed by atoms with Gasteiger partial charge in [-0.1, -0.05) is 0 Å². The Balaban J connectivity index is 1.71. The van der Waals surface area contributed by atoms with Gasteiger partial charge in [-0.15, -0.1) is 0 Å². The fraction of sp³-hybridized carbons (Fsp3) is 0.190. The van der Waals surface area contributed by atoms with Gasteiger partial charge in [0.15, 0.2) is 23.9 Å². The molecule has 2 N–H and O–H groups in total. The Labute approximate surface area is 185 Å². The van der Waals surface area contributed by atoms with Crippen molar-refractivity contribution in [3.63, 3.8) is 0 Å². The molecule has 0 unspecified atom stereocenters. The zero-order valence-electron chi connectivity index (χ0n) is 16.7. The summed E-state index contributed by atoms with van der Waals surface area (Å²) in [4.78, 5) is 23.1. The average molecular weight is 491 g/mol. The number of methoxy groups -OCH3 is 1. The lowest BCUT2D eigenvalue weighted by Gasteiger charge is -2.11. The van der Waals surface area contributed by atoms with Crippen molar-refractivity contribution < 1.29 is 33.3 Å². The zero-order chi connectivity index (χ0) is 22.4. The zero-order valence-corrected chi connectivity index (χ0v) is 18.3. The molecule has 1 aromatic heterocycles. The molecule has 0 aliphatic carbocycles. The lowest BCUT2D eigenvalue weighted by atomic mass is 10.2. The first-order valence-corrected chi connectivity index (χ1v) is 9.92. The van der Waals surface area contributed by atoms with Crippen molar-refractivity contribution in [2.45, 2.75) is 6.92 Å². The van der Waals surface area contributed by atoms with E-state index in [1.165, 1.54) is 13.3 Å². The summed E-state index contributed by atoms with van der Waals surface area (Å²) in [6, 6.07) is 10.0. The molecule has 0 bridgehead atoms. The molecule has 0 atom stereocenters. The monoisotopic (exact) mass is 490 g/mol. The third kappa shape index (κ3) is 5.54. The maximum Gasteiger partial charge on any atom is 0.341 e. The van der Waals surface area contributed by atoms with Gasteiger partial charge in [0.05, 0.1) is 19.9 Å². The Bertz CT molecular complexity index is 1140. The maximum atomic E-state index is 12.4. The summed E-state index contributed by atoms with van der Waals surface area (Å²) in [5.74, 6) is -0.252. The second-order valence-corrected chi connectivity index (χ2v) is 7.00. The van der Waals surface area contributed by atoms with E-state index >= 15 is 0 Å². The number of furan rings is 1. The van der Waals surface area contributed by atoms with E-state index in [-0.39, 0.29) is 11.5 Å². The van der Waals surface area contributed by atoms with Gasteiger partial charge in [0.1, 0.15) is 11.3 Å². The number of hydrogen-bond donors (Lipinski definition) is 2. The molecule has 9 nitrogen and oxygen atoms in total. The van der Waals surface area contributed by atoms with Crippen molar-refractivity contribution in [3.8, 4) is 17.2 Å². The number of nitrogens with one attached hydrogen (secondary N) is 1. The van der Waals surface area contributed by atoms with Crippen molar-refractivity contribution in [2.24, 2.45) is 5.10 Å². The molecule has 10 heteroatoms. The molecule has 31 heavy (non-hydrogen) atoms. The van der Waals surface area contributed by atoms with Crippen LogP contribution in [0.5, 0.6) is 17.2 Å². The molecule has 0 aliphatic heterocycles. The fourth-order valence-electron chi connectivity index (χ4n) is 2.67. The number of aliphatic carboxylic acids is 1. The van der Waals surface area contributed by atoms with Crippen LogP contribution in [-0.2, 0) is 4.79 Å². The summed E-state index contributed by atoms with van der Waals surface area (Å²) in [6.45, 7) is 1.93. The van der Waals surface area contributed by atoms with E-state index in [9.17, 15) is 9.59 Å². The highest BCUT2D eigenvalue weighted by Crippen LogP contribution is 2.33. The highest BCUT2D eigenvalue weighted by Gasteiger charge is 2.13. The van der Waals surface area contributed by atoms with Crippen LogP contribution in [-0.4, -0.2) is 43.5 Å². The Hall–Kier alpha value is -3.53. The molecule has 2 aromatic carbocycles. The number of rotatable bonds is 9. The number of hydrogen-bond acceptors (Lipinski definition) is 7. The largest absolute Gasteiger partial charge is 0.494 e. The van der Waals surface area contributed by atoms with Crippen molar-refractivity contribution >= 4 is 45.0 Å². The van der Waals surface area contributed by atoms with Gasteiger partial charge in [0.2, 0.25) is 0 Å². The normalized spacial score (nSPS) is 10.9. The number of carbonyl (C=O) groups is 2. The van der Waals surface area contributed by atoms with E-state index in [0.29, 0.717) is 33.7 Å². The molecule has 3 aromatic rings. The van der Waals surface area contributed by atoms with E-state index in [0.717, 1.165) is 5.39 Å². The average Bonchev–Trinajstić information content (AvgIpc) is 3.17. The molecule has 162 valence electrons. The summed E-state index contributed by atoms with van der Waals surface area (Å²) in [6.07, 6.45) is 1.40. The van der Waals surface area contributed by atoms with E-state index in [2.05, 4.69) is 26.5 Å². The number of hydrazone groups is 1. The van der Waals surface area contributed by atoms with Crippen molar-refractivity contribution in [3.05, 3.63) is 52.2 Å². The summed E-state index contributed by atoms with van der Waals surface area (Å²) in [5.41, 5.74) is 3.53. The van der Waals surface area contributed by atoms with Crippen molar-refractivity contribution in [1.82, 2.24) is 5.43 Å². The third-order valence-corrected chi connectivity index (χ3v) is 4.71. The predicted octanol–water partition coefficient (Wildman–Crippen LogP) is 3.83. The molecule has 0 fully saturated rings. The Morgan fingerprint density at radius 3 is 2.71 bits per heavy atom. The SMILES string of the molecule is CCOc1ccc2oc(C(=O)N/N=C/c3cc(OC)c(OCC(=O)O)cc3Br)cc2c1. The fourth-order valence-corrected chi connectivity index (χ4v) is 3.09. The summed E-state index contributed by atoms with van der Waals surface area (Å²) >= 11 is 3.36. The van der Waals surface area contributed by atoms with Crippen LogP contribution < -0.4 is 19.6 Å². The number of carbonyl (C=O) groups excluding carboxylic acids is 1. The van der Waals surface area contributed by atoms with Crippen LogP contribution in [0, 0.1) is 0 Å². The summed E-state index contributed by atoms with van der Waals surface area (Å²) < 4.78 is 22.0. The number of benzene rings is 2. The molecule has 1 amide bonds. The number of carboxylic acid groups (broad SMARTS) is 1. The second kappa shape index (κ2) is 9.98. The van der Waals surface area contributed by atoms with E-state index < -0.39 is 18.5 Å². The minimum atomic E-state index is -1.11. The first-order valence-electron chi connectivity index (χ1n) is 9.13. The molecule has 0 aliphatic rings. The molecule has 0 radical (unpaired) electrons. The van der Waals surface area contributed by atoms with Crippen molar-refractivity contribution in [1.29, 1.82) is 0 Å². The quantitative estimate of drug-likeness (QED) is 0.345. The first kappa shape index (κ1) is 22.2. The minimum Gasteiger partial charge on any atom is -0.494 e. The number of nitrogens with zero attached hydrogens (tertiary/aromatic N) is 1. The van der Waals surface area contributed by atoms with Gasteiger partial charge in [-0.3, -0.25) is 4.79 Å². The van der Waals surface area contributed by atoms with Gasteiger partial charge in [-0.25, -0.2) is 10.2 Å². The Morgan fingerprint density at radius 1 is 1.19 bits per heavy atom. The number of carboxylic acids is 1. The number of fused-ring (bicyclic) bond motifs is 1. The Morgan fingerprint density at radius 2 is 2.00 bits per heavy atom. The predicted molar refractivity (Wildman–Crippen MR) is 116 cm³/mol. The van der Waals surface area contributed by atoms with Gasteiger partial charge < -0.3 is 23.7 Å². The molecule has 1 heterocycles. The molecular formula is C21H19BrN2O7. The van der Waals surface area contributed by atoms with Crippen LogP contribution in [0.4, 0.5) is 0 Å². The molecule has 0 saturated carbocycles. The van der Waals surface area contributed by atoms with E-state index in [1.807, 2.05) is 6.92 Å². The van der Waals surface area contributed by atoms with Gasteiger partial charge in [-0.2, -0.15) is 5.10 Å². The van der Waals surface area contributed by atoms with Crippen LogP contribution >= 0.6 is 15.9 Å². The first-order chi connectivity index (χ1) is 14.9. The van der Waals surface area contributed by atoms with Crippen LogP contribution in [0.1, 0.15) is 23.0 Å². The smallest absolute Gasteiger partial charge is 0.341 e. The summed E-state index contributed by atoms with van der Waals surface area (Å²) in [7, 11) is 1.43. The molecule has 3 rings (SSSR count). The van der Waals surface area contributed by atoms with Gasteiger partial charge in [-0.05, 0) is 59.3 Å². The third-order valence-electron chi connectivity index (χ3n) is 4.03. The van der Waals surface area contributed by atoms with E-state index in [4.69, 9.17) is 23.7 Å². The molecular weight excluding hydrogens is 472 g/mol. The van der Waals surface area contributed by atoms with Gasteiger partial charge >= 0.3 is 11.9 Å². The van der Waals surface area contributed by atoms with Crippen LogP contribution in [0.25, 0.3) is 11.0 Å². The number of amides is 1. The number of ether oxygens (including phenoxy) is 3.